The maximum atomic E-state index is 10.1. The smallest absolute Gasteiger partial charge is 0.0645 e. The first-order valence-electron chi connectivity index (χ1n) is 28.0. The normalized spacial score (nSPS) is 16.8. The Labute approximate surface area is 357 Å². The van der Waals surface area contributed by atoms with Crippen molar-refractivity contribution in [2.75, 3.05) is 0 Å². The van der Waals surface area contributed by atoms with E-state index in [1.165, 1.54) is 13.7 Å². The third kappa shape index (κ3) is 4.86. The summed E-state index contributed by atoms with van der Waals surface area (Å²) in [6.07, 6.45) is 0. The topological polar surface area (TPSA) is 14.8 Å². The fourth-order valence-corrected chi connectivity index (χ4v) is 7.64. The van der Waals surface area contributed by atoms with E-state index in [1.807, 2.05) is 0 Å². The second kappa shape index (κ2) is 12.5. The lowest BCUT2D eigenvalue weighted by Gasteiger charge is -2.09. The quantitative estimate of drug-likeness (QED) is 0.167. The average molecular weight is 746 g/mol. The SMILES string of the molecule is [2H]c1c([2H])c([2H])c2c(c1[2H])c1c([2H])c(-c3c([2H])c([2H])c4c(c3[2H])c3c([2H])c(-c5c([2H])c([2H])c6c(c5[2H])c5c([2H])c([2H])c([2H])c([2H])c5n6-c5ccccc5)c([2H])c([2H])c3n4-c3ccccc3)c([2H])c([2H])c1n2-c1ccccc1. The number of hydrogen-bond donors (Lipinski definition) is 0. The van der Waals surface area contributed by atoms with Gasteiger partial charge in [0.05, 0.1) is 60.5 Å². The van der Waals surface area contributed by atoms with Gasteiger partial charge in [-0.1, -0.05) is 115 Å². The van der Waals surface area contributed by atoms with E-state index < -0.39 is 143 Å². The predicted octanol–water partition coefficient (Wildman–Crippen LogP) is 14.3. The maximum Gasteiger partial charge on any atom is 0.0645 e. The molecule has 12 aromatic rings. The molecule has 0 bridgehead atoms. The highest BCUT2D eigenvalue weighted by atomic mass is 15.0. The number of rotatable bonds is 5. The molecule has 0 aliphatic carbocycles. The molecule has 0 saturated heterocycles. The van der Waals surface area contributed by atoms with Gasteiger partial charge in [-0.15, -0.1) is 0 Å². The molecule has 12 rings (SSSR count). The average Bonchev–Trinajstić information content (AvgIpc) is 4.33. The van der Waals surface area contributed by atoms with Gasteiger partial charge in [0.1, 0.15) is 0 Å². The highest BCUT2D eigenvalue weighted by Crippen LogP contribution is 2.41. The van der Waals surface area contributed by atoms with Crippen LogP contribution in [0.15, 0.2) is 212 Å². The van der Waals surface area contributed by atoms with Crippen molar-refractivity contribution in [2.45, 2.75) is 0 Å². The number of nitrogens with zero attached hydrogens (tertiary/aromatic N) is 3. The Morgan fingerprint density at radius 1 is 0.263 bits per heavy atom. The van der Waals surface area contributed by atoms with E-state index in [9.17, 15) is 16.4 Å². The summed E-state index contributed by atoms with van der Waals surface area (Å²) in [4.78, 5) is 0. The van der Waals surface area contributed by atoms with Crippen molar-refractivity contribution in [3.8, 4) is 39.3 Å². The van der Waals surface area contributed by atoms with Crippen molar-refractivity contribution in [2.24, 2.45) is 0 Å². The van der Waals surface area contributed by atoms with E-state index in [-0.39, 0.29) is 71.1 Å². The highest BCUT2D eigenvalue weighted by molar-refractivity contribution is 6.14. The number of hydrogen-bond acceptors (Lipinski definition) is 0. The molecule has 3 aromatic heterocycles. The Kier molecular flexibility index (Phi) is 3.91. The first kappa shape index (κ1) is 17.9. The summed E-state index contributed by atoms with van der Waals surface area (Å²) in [5.41, 5.74) is -2.03. The lowest BCUT2D eigenvalue weighted by molar-refractivity contribution is 1.18. The Hall–Kier alpha value is -7.62. The molecule has 3 heterocycles. The Morgan fingerprint density at radius 2 is 0.526 bits per heavy atom. The summed E-state index contributed by atoms with van der Waals surface area (Å²) in [5.74, 6) is 0. The van der Waals surface area contributed by atoms with Gasteiger partial charge in [-0.2, -0.15) is 0 Å². The molecule has 0 atom stereocenters. The van der Waals surface area contributed by atoms with Crippen LogP contribution < -0.4 is 0 Å². The lowest BCUT2D eigenvalue weighted by Crippen LogP contribution is -1.93. The van der Waals surface area contributed by atoms with Crippen molar-refractivity contribution >= 4 is 65.4 Å². The molecule has 0 fully saturated rings. The summed E-state index contributed by atoms with van der Waals surface area (Å²) < 4.78 is 192. The monoisotopic (exact) mass is 745 g/mol. The Bertz CT molecular complexity index is 4390. The number of para-hydroxylation sites is 5. The van der Waals surface area contributed by atoms with Gasteiger partial charge >= 0.3 is 0 Å². The second-order valence-electron chi connectivity index (χ2n) is 13.4. The largest absolute Gasteiger partial charge is 0.309 e. The van der Waals surface area contributed by atoms with Crippen LogP contribution in [0.4, 0.5) is 0 Å². The van der Waals surface area contributed by atoms with Crippen LogP contribution in [0, 0.1) is 0 Å². The number of aromatic nitrogens is 3. The van der Waals surface area contributed by atoms with Crippen molar-refractivity contribution in [3.05, 3.63) is 212 Å². The van der Waals surface area contributed by atoms with Crippen LogP contribution in [-0.2, 0) is 0 Å². The Balaban J connectivity index is 1.26. The molecule has 0 unspecified atom stereocenters. The van der Waals surface area contributed by atoms with E-state index in [0.717, 1.165) is 0 Å². The van der Waals surface area contributed by atoms with Crippen LogP contribution in [0.3, 0.4) is 0 Å². The van der Waals surface area contributed by atoms with Crippen molar-refractivity contribution < 1.29 is 27.4 Å². The minimum absolute atomic E-state index is 0.0994. The van der Waals surface area contributed by atoms with Crippen LogP contribution in [0.1, 0.15) is 27.4 Å². The fourth-order valence-electron chi connectivity index (χ4n) is 7.64. The zero-order valence-electron chi connectivity index (χ0n) is 49.5. The van der Waals surface area contributed by atoms with E-state index in [2.05, 4.69) is 0 Å². The molecule has 0 radical (unpaired) electrons. The molecule has 9 aromatic carbocycles. The molecular formula is C54H35N3. The van der Waals surface area contributed by atoms with Crippen LogP contribution in [0.2, 0.25) is 0 Å². The molecule has 57 heavy (non-hydrogen) atoms. The molecule has 0 aliphatic heterocycles. The predicted molar refractivity (Wildman–Crippen MR) is 240 cm³/mol. The number of fused-ring (bicyclic) bond motifs is 9. The van der Waals surface area contributed by atoms with E-state index >= 15 is 0 Å². The zero-order chi connectivity index (χ0) is 54.9. The van der Waals surface area contributed by atoms with Gasteiger partial charge in [-0.05, 0) is 119 Å². The third-order valence-corrected chi connectivity index (χ3v) is 10.1. The van der Waals surface area contributed by atoms with Crippen LogP contribution in [0.5, 0.6) is 0 Å². The lowest BCUT2D eigenvalue weighted by atomic mass is 9.98. The van der Waals surface area contributed by atoms with E-state index in [0.29, 0.717) is 11.4 Å². The summed E-state index contributed by atoms with van der Waals surface area (Å²) in [6.45, 7) is 0. The van der Waals surface area contributed by atoms with Crippen molar-refractivity contribution in [1.82, 2.24) is 13.7 Å². The van der Waals surface area contributed by atoms with Gasteiger partial charge in [0.15, 0.2) is 0 Å². The minimum Gasteiger partial charge on any atom is -0.309 e. The molecule has 3 nitrogen and oxygen atoms in total. The summed E-state index contributed by atoms with van der Waals surface area (Å²) in [6, 6.07) is 12.4. The highest BCUT2D eigenvalue weighted by Gasteiger charge is 2.18. The first-order valence-corrected chi connectivity index (χ1v) is 18.0. The molecule has 0 amide bonds. The van der Waals surface area contributed by atoms with E-state index in [1.54, 1.807) is 91.0 Å². The van der Waals surface area contributed by atoms with Crippen LogP contribution in [0.25, 0.3) is 105 Å². The molecule has 266 valence electrons. The molecule has 0 saturated carbocycles. The second-order valence-corrected chi connectivity index (χ2v) is 13.4. The molecular weight excluding hydrogens is 691 g/mol. The van der Waals surface area contributed by atoms with Gasteiger partial charge in [0.25, 0.3) is 0 Å². The standard InChI is InChI=1S/C54H35N3/c1-4-14-40(15-5-1)55-49-22-12-10-20-43(49)45-32-36(24-28-51(45)55)38-26-30-53-47(34-38)48-35-39(27-31-54(48)57(53)42-18-8-3-9-19-42)37-25-29-52-46(33-37)44-21-11-13-23-50(44)56(52)41-16-6-2-7-17-41/h1-35H/i10D,11D,12D,13D,20D,21D,22D,23D,24D,25D,26D,27D,28D,29D,30D,31D,32D,33D,34D,35D. The van der Waals surface area contributed by atoms with Gasteiger partial charge in [0, 0.05) is 49.4 Å². The Morgan fingerprint density at radius 3 is 0.842 bits per heavy atom. The van der Waals surface area contributed by atoms with Crippen LogP contribution in [-0.4, -0.2) is 13.7 Å². The summed E-state index contributed by atoms with van der Waals surface area (Å²) >= 11 is 0. The molecule has 0 spiro atoms. The summed E-state index contributed by atoms with van der Waals surface area (Å²) in [7, 11) is 0. The summed E-state index contributed by atoms with van der Waals surface area (Å²) in [5, 5.41) is -1.34. The maximum absolute atomic E-state index is 10.1. The van der Waals surface area contributed by atoms with Gasteiger partial charge in [-0.25, -0.2) is 0 Å². The zero-order valence-corrected chi connectivity index (χ0v) is 29.5. The van der Waals surface area contributed by atoms with E-state index in [4.69, 9.17) is 11.0 Å². The minimum atomic E-state index is -0.716. The molecule has 3 heteroatoms. The first-order chi connectivity index (χ1) is 36.7. The van der Waals surface area contributed by atoms with Crippen molar-refractivity contribution in [1.29, 1.82) is 0 Å². The van der Waals surface area contributed by atoms with Gasteiger partial charge in [-0.3, -0.25) is 0 Å². The van der Waals surface area contributed by atoms with Crippen LogP contribution >= 0.6 is 0 Å². The van der Waals surface area contributed by atoms with Gasteiger partial charge < -0.3 is 13.7 Å². The third-order valence-electron chi connectivity index (χ3n) is 10.1. The molecule has 0 aliphatic rings. The molecule has 0 N–H and O–H groups in total. The van der Waals surface area contributed by atoms with Crippen molar-refractivity contribution in [3.63, 3.8) is 0 Å². The number of benzene rings is 9. The fraction of sp³-hybridized carbons (Fsp3) is 0. The van der Waals surface area contributed by atoms with Gasteiger partial charge in [0.2, 0.25) is 0 Å².